The van der Waals surface area contributed by atoms with Crippen LogP contribution in [0.15, 0.2) is 30.3 Å². The number of benzene rings is 2. The zero-order valence-corrected chi connectivity index (χ0v) is 22.7. The average molecular weight is 506 g/mol. The number of aryl methyl sites for hydroxylation is 2. The van der Waals surface area contributed by atoms with Crippen LogP contribution in [0.3, 0.4) is 0 Å². The lowest BCUT2D eigenvalue weighted by molar-refractivity contribution is 0.0741. The largest absolute Gasteiger partial charge is 0.507 e. The van der Waals surface area contributed by atoms with Gasteiger partial charge in [-0.15, -0.1) is 0 Å². The standard InChI is InChI=1S/C30H39N3O4/c1-6-9-11-15-37-23-13-12-21(18-24(23)36-8-3)28-25-26(22-17-19(4)16-20(5)29(22)34)31-32-27(25)30(35)33(28)14-10-7-2/h12-13,16-18,28,34H,6-11,14-15H2,1-5H3,(H,31,32). The van der Waals surface area contributed by atoms with Crippen LogP contribution in [0.2, 0.25) is 0 Å². The number of carbonyl (C=O) groups is 1. The first-order valence-electron chi connectivity index (χ1n) is 13.5. The van der Waals surface area contributed by atoms with Crippen molar-refractivity contribution in [2.75, 3.05) is 19.8 Å². The van der Waals surface area contributed by atoms with Crippen molar-refractivity contribution in [2.24, 2.45) is 0 Å². The average Bonchev–Trinajstić information content (AvgIpc) is 3.42. The summed E-state index contributed by atoms with van der Waals surface area (Å²) in [6, 6.07) is 9.46. The first-order chi connectivity index (χ1) is 17.9. The molecule has 0 saturated carbocycles. The highest BCUT2D eigenvalue weighted by Gasteiger charge is 2.42. The molecule has 1 aliphatic heterocycles. The van der Waals surface area contributed by atoms with Crippen LogP contribution in [0, 0.1) is 13.8 Å². The summed E-state index contributed by atoms with van der Waals surface area (Å²) in [5, 5.41) is 18.5. The minimum atomic E-state index is -0.351. The smallest absolute Gasteiger partial charge is 0.273 e. The summed E-state index contributed by atoms with van der Waals surface area (Å²) in [5.74, 6) is 1.50. The quantitative estimate of drug-likeness (QED) is 0.267. The van der Waals surface area contributed by atoms with E-state index in [1.807, 2.05) is 56.0 Å². The summed E-state index contributed by atoms with van der Waals surface area (Å²) in [6.45, 7) is 11.9. The van der Waals surface area contributed by atoms with Crippen LogP contribution in [0.25, 0.3) is 11.3 Å². The number of aromatic hydroxyl groups is 1. The van der Waals surface area contributed by atoms with E-state index < -0.39 is 0 Å². The van der Waals surface area contributed by atoms with E-state index in [1.54, 1.807) is 0 Å². The van der Waals surface area contributed by atoms with E-state index in [9.17, 15) is 9.90 Å². The third-order valence-corrected chi connectivity index (χ3v) is 6.91. The van der Waals surface area contributed by atoms with Gasteiger partial charge in [-0.3, -0.25) is 9.89 Å². The van der Waals surface area contributed by atoms with Gasteiger partial charge in [0.2, 0.25) is 0 Å². The summed E-state index contributed by atoms with van der Waals surface area (Å²) in [6.07, 6.45) is 5.11. The van der Waals surface area contributed by atoms with Gasteiger partial charge in [0.25, 0.3) is 5.91 Å². The summed E-state index contributed by atoms with van der Waals surface area (Å²) < 4.78 is 12.0. The fourth-order valence-corrected chi connectivity index (χ4v) is 5.06. The number of aromatic amines is 1. The van der Waals surface area contributed by atoms with Crippen molar-refractivity contribution in [1.29, 1.82) is 0 Å². The first-order valence-corrected chi connectivity index (χ1v) is 13.5. The van der Waals surface area contributed by atoms with Gasteiger partial charge in [-0.2, -0.15) is 5.10 Å². The molecule has 0 bridgehead atoms. The number of phenolic OH excluding ortho intramolecular Hbond substituents is 1. The van der Waals surface area contributed by atoms with Gasteiger partial charge in [-0.1, -0.05) is 45.2 Å². The molecule has 1 aromatic heterocycles. The molecule has 4 rings (SSSR count). The van der Waals surface area contributed by atoms with E-state index in [4.69, 9.17) is 9.47 Å². The lowest BCUT2D eigenvalue weighted by Crippen LogP contribution is -2.30. The van der Waals surface area contributed by atoms with Gasteiger partial charge in [0.05, 0.1) is 19.3 Å². The molecule has 1 unspecified atom stereocenters. The first kappa shape index (κ1) is 26.6. The van der Waals surface area contributed by atoms with Crippen molar-refractivity contribution < 1.29 is 19.4 Å². The van der Waals surface area contributed by atoms with Crippen molar-refractivity contribution >= 4 is 5.91 Å². The number of nitrogens with zero attached hydrogens (tertiary/aromatic N) is 2. The number of ether oxygens (including phenoxy) is 2. The van der Waals surface area contributed by atoms with E-state index in [-0.39, 0.29) is 17.7 Å². The van der Waals surface area contributed by atoms with Crippen molar-refractivity contribution in [2.45, 2.75) is 72.8 Å². The third kappa shape index (κ3) is 5.31. The molecule has 2 N–H and O–H groups in total. The monoisotopic (exact) mass is 505 g/mol. The normalized spacial score (nSPS) is 14.8. The highest BCUT2D eigenvalue weighted by atomic mass is 16.5. The maximum absolute atomic E-state index is 13.6. The fourth-order valence-electron chi connectivity index (χ4n) is 5.06. The number of aromatic nitrogens is 2. The summed E-state index contributed by atoms with van der Waals surface area (Å²) in [4.78, 5) is 15.5. The number of hydrogen-bond acceptors (Lipinski definition) is 5. The van der Waals surface area contributed by atoms with Gasteiger partial charge < -0.3 is 19.5 Å². The molecule has 7 nitrogen and oxygen atoms in total. The van der Waals surface area contributed by atoms with Gasteiger partial charge in [0, 0.05) is 17.7 Å². The van der Waals surface area contributed by atoms with Crippen LogP contribution in [-0.2, 0) is 0 Å². The van der Waals surface area contributed by atoms with Gasteiger partial charge >= 0.3 is 0 Å². The molecule has 0 aliphatic carbocycles. The second kappa shape index (κ2) is 11.7. The van der Waals surface area contributed by atoms with Crippen LogP contribution < -0.4 is 9.47 Å². The molecule has 37 heavy (non-hydrogen) atoms. The lowest BCUT2D eigenvalue weighted by Gasteiger charge is -2.27. The predicted octanol–water partition coefficient (Wildman–Crippen LogP) is 6.71. The summed E-state index contributed by atoms with van der Waals surface area (Å²) >= 11 is 0. The number of phenols is 1. The fraction of sp³-hybridized carbons (Fsp3) is 0.467. The summed E-state index contributed by atoms with van der Waals surface area (Å²) in [5.41, 5.74) is 5.24. The van der Waals surface area contributed by atoms with Gasteiger partial charge in [-0.05, 0) is 68.5 Å². The maximum atomic E-state index is 13.6. The number of unbranched alkanes of at least 4 members (excludes halogenated alkanes) is 3. The van der Waals surface area contributed by atoms with Gasteiger partial charge in [0.1, 0.15) is 17.1 Å². The van der Waals surface area contributed by atoms with Crippen molar-refractivity contribution in [3.63, 3.8) is 0 Å². The van der Waals surface area contributed by atoms with Crippen molar-refractivity contribution in [3.05, 3.63) is 58.3 Å². The minimum Gasteiger partial charge on any atom is -0.507 e. The summed E-state index contributed by atoms with van der Waals surface area (Å²) in [7, 11) is 0. The molecule has 0 fully saturated rings. The Labute approximate surface area is 219 Å². The van der Waals surface area contributed by atoms with Gasteiger partial charge in [0.15, 0.2) is 11.5 Å². The molecule has 2 aromatic carbocycles. The molecule has 1 atom stereocenters. The van der Waals surface area contributed by atoms with E-state index in [1.165, 1.54) is 0 Å². The number of H-pyrrole nitrogens is 1. The number of rotatable bonds is 12. The SMILES string of the molecule is CCCCCOc1ccc(C2c3c(-c4cc(C)cc(C)c4O)n[nH]c3C(=O)N2CCCC)cc1OCC. The molecule has 0 spiro atoms. The van der Waals surface area contributed by atoms with E-state index in [0.717, 1.165) is 54.4 Å². The minimum absolute atomic E-state index is 0.0751. The van der Waals surface area contributed by atoms with Crippen LogP contribution in [0.1, 0.15) is 91.7 Å². The Bertz CT molecular complexity index is 1250. The van der Waals surface area contributed by atoms with E-state index in [0.29, 0.717) is 48.2 Å². The number of carbonyl (C=O) groups excluding carboxylic acids is 1. The van der Waals surface area contributed by atoms with Crippen LogP contribution in [0.4, 0.5) is 0 Å². The Morgan fingerprint density at radius 1 is 1.00 bits per heavy atom. The van der Waals surface area contributed by atoms with Crippen molar-refractivity contribution in [3.8, 4) is 28.5 Å². The molecule has 198 valence electrons. The number of amides is 1. The molecule has 0 radical (unpaired) electrons. The molecule has 2 heterocycles. The maximum Gasteiger partial charge on any atom is 0.273 e. The van der Waals surface area contributed by atoms with Crippen LogP contribution >= 0.6 is 0 Å². The molecule has 3 aromatic rings. The Morgan fingerprint density at radius 3 is 2.51 bits per heavy atom. The number of nitrogens with one attached hydrogen (secondary N) is 1. The molecular weight excluding hydrogens is 466 g/mol. The predicted molar refractivity (Wildman–Crippen MR) is 146 cm³/mol. The highest BCUT2D eigenvalue weighted by Crippen LogP contribution is 2.46. The van der Waals surface area contributed by atoms with Crippen molar-refractivity contribution in [1.82, 2.24) is 15.1 Å². The third-order valence-electron chi connectivity index (χ3n) is 6.91. The van der Waals surface area contributed by atoms with Crippen LogP contribution in [-0.4, -0.2) is 45.9 Å². The number of fused-ring (bicyclic) bond motifs is 1. The van der Waals surface area contributed by atoms with Gasteiger partial charge in [-0.25, -0.2) is 0 Å². The Balaban J connectivity index is 1.81. The molecule has 7 heteroatoms. The Kier molecular flexibility index (Phi) is 8.41. The second-order valence-corrected chi connectivity index (χ2v) is 9.79. The Morgan fingerprint density at radius 2 is 1.78 bits per heavy atom. The molecule has 0 saturated heterocycles. The van der Waals surface area contributed by atoms with Crippen LogP contribution in [0.5, 0.6) is 17.2 Å². The topological polar surface area (TPSA) is 87.7 Å². The lowest BCUT2D eigenvalue weighted by atomic mass is 9.93. The molecule has 1 amide bonds. The Hall–Kier alpha value is -3.48. The zero-order chi connectivity index (χ0) is 26.5. The highest BCUT2D eigenvalue weighted by molar-refractivity contribution is 6.00. The van der Waals surface area contributed by atoms with E-state index >= 15 is 0 Å². The second-order valence-electron chi connectivity index (χ2n) is 9.79. The molecule has 1 aliphatic rings. The number of hydrogen-bond donors (Lipinski definition) is 2. The molecular formula is C30H39N3O4. The van der Waals surface area contributed by atoms with E-state index in [2.05, 4.69) is 24.0 Å². The zero-order valence-electron chi connectivity index (χ0n) is 22.7.